The Hall–Kier alpha value is 0.0400. The van der Waals surface area contributed by atoms with Gasteiger partial charge in [0.25, 0.3) is 0 Å². The standard InChI is InChI=1S/C7H11BrN2S/c1-11-4-2-3-10-6-7(8)5-9-10/h5-6H,2-4H2,1H3. The summed E-state index contributed by atoms with van der Waals surface area (Å²) in [4.78, 5) is 0. The Labute approximate surface area is 79.5 Å². The summed E-state index contributed by atoms with van der Waals surface area (Å²) in [7, 11) is 0. The summed E-state index contributed by atoms with van der Waals surface area (Å²) < 4.78 is 3.02. The molecule has 11 heavy (non-hydrogen) atoms. The van der Waals surface area contributed by atoms with Gasteiger partial charge in [0.05, 0.1) is 10.7 Å². The van der Waals surface area contributed by atoms with Crippen LogP contribution < -0.4 is 0 Å². The number of thioether (sulfide) groups is 1. The van der Waals surface area contributed by atoms with Gasteiger partial charge in [0.2, 0.25) is 0 Å². The molecule has 0 saturated carbocycles. The maximum atomic E-state index is 4.15. The molecule has 0 aromatic carbocycles. The predicted molar refractivity (Wildman–Crippen MR) is 52.9 cm³/mol. The van der Waals surface area contributed by atoms with Gasteiger partial charge < -0.3 is 0 Å². The summed E-state index contributed by atoms with van der Waals surface area (Å²) in [6, 6.07) is 0. The molecule has 0 N–H and O–H groups in total. The average Bonchev–Trinajstić information content (AvgIpc) is 2.37. The first-order valence-corrected chi connectivity index (χ1v) is 5.68. The van der Waals surface area contributed by atoms with Crippen LogP contribution in [-0.2, 0) is 6.54 Å². The van der Waals surface area contributed by atoms with E-state index in [4.69, 9.17) is 0 Å². The number of nitrogens with zero attached hydrogens (tertiary/aromatic N) is 2. The van der Waals surface area contributed by atoms with E-state index in [1.807, 2.05) is 28.8 Å². The van der Waals surface area contributed by atoms with E-state index >= 15 is 0 Å². The van der Waals surface area contributed by atoms with E-state index < -0.39 is 0 Å². The van der Waals surface area contributed by atoms with Crippen LogP contribution in [0.25, 0.3) is 0 Å². The zero-order valence-corrected chi connectivity index (χ0v) is 8.86. The quantitative estimate of drug-likeness (QED) is 0.746. The van der Waals surface area contributed by atoms with Crippen LogP contribution in [0.4, 0.5) is 0 Å². The molecule has 0 saturated heterocycles. The van der Waals surface area contributed by atoms with E-state index in [0.29, 0.717) is 0 Å². The smallest absolute Gasteiger partial charge is 0.0632 e. The highest BCUT2D eigenvalue weighted by atomic mass is 79.9. The maximum Gasteiger partial charge on any atom is 0.0632 e. The summed E-state index contributed by atoms with van der Waals surface area (Å²) in [5, 5.41) is 4.15. The third kappa shape index (κ3) is 3.29. The van der Waals surface area contributed by atoms with Crippen LogP contribution >= 0.6 is 27.7 Å². The Morgan fingerprint density at radius 3 is 3.09 bits per heavy atom. The number of hydrogen-bond donors (Lipinski definition) is 0. The van der Waals surface area contributed by atoms with Crippen molar-refractivity contribution < 1.29 is 0 Å². The molecule has 0 radical (unpaired) electrons. The second-order valence-electron chi connectivity index (χ2n) is 2.27. The van der Waals surface area contributed by atoms with Gasteiger partial charge in [0, 0.05) is 12.7 Å². The van der Waals surface area contributed by atoms with E-state index in [1.165, 1.54) is 12.2 Å². The minimum Gasteiger partial charge on any atom is -0.272 e. The van der Waals surface area contributed by atoms with Crippen LogP contribution in [0, 0.1) is 0 Å². The van der Waals surface area contributed by atoms with Gasteiger partial charge in [0.15, 0.2) is 0 Å². The molecule has 0 unspecified atom stereocenters. The highest BCUT2D eigenvalue weighted by Crippen LogP contribution is 2.07. The first kappa shape index (κ1) is 9.13. The normalized spacial score (nSPS) is 10.4. The maximum absolute atomic E-state index is 4.15. The topological polar surface area (TPSA) is 17.8 Å². The largest absolute Gasteiger partial charge is 0.272 e. The van der Waals surface area contributed by atoms with Gasteiger partial charge in [-0.3, -0.25) is 4.68 Å². The molecule has 4 heteroatoms. The van der Waals surface area contributed by atoms with E-state index in [1.54, 1.807) is 0 Å². The van der Waals surface area contributed by atoms with Crippen LogP contribution in [0.15, 0.2) is 16.9 Å². The fourth-order valence-electron chi connectivity index (χ4n) is 0.832. The Bertz CT molecular complexity index is 212. The van der Waals surface area contributed by atoms with Crippen LogP contribution in [0.2, 0.25) is 0 Å². The first-order chi connectivity index (χ1) is 5.33. The average molecular weight is 235 g/mol. The molecular weight excluding hydrogens is 224 g/mol. The lowest BCUT2D eigenvalue weighted by Crippen LogP contribution is -1.98. The van der Waals surface area contributed by atoms with Gasteiger partial charge in [-0.25, -0.2) is 0 Å². The molecule has 0 aliphatic heterocycles. The monoisotopic (exact) mass is 234 g/mol. The summed E-state index contributed by atoms with van der Waals surface area (Å²) in [5.41, 5.74) is 0. The number of rotatable bonds is 4. The van der Waals surface area contributed by atoms with Crippen LogP contribution in [0.1, 0.15) is 6.42 Å². The minimum absolute atomic E-state index is 1.02. The van der Waals surface area contributed by atoms with Crippen molar-refractivity contribution in [1.29, 1.82) is 0 Å². The molecule has 0 aliphatic rings. The fraction of sp³-hybridized carbons (Fsp3) is 0.571. The Kier molecular flexibility index (Phi) is 4.01. The van der Waals surface area contributed by atoms with Crippen LogP contribution in [0.3, 0.4) is 0 Å². The highest BCUT2D eigenvalue weighted by Gasteiger charge is 1.93. The van der Waals surface area contributed by atoms with Gasteiger partial charge >= 0.3 is 0 Å². The van der Waals surface area contributed by atoms with Gasteiger partial charge in [-0.15, -0.1) is 0 Å². The van der Waals surface area contributed by atoms with Crippen molar-refractivity contribution in [2.75, 3.05) is 12.0 Å². The summed E-state index contributed by atoms with van der Waals surface area (Å²) in [6.45, 7) is 1.02. The minimum atomic E-state index is 1.02. The van der Waals surface area contributed by atoms with Gasteiger partial charge in [-0.05, 0) is 34.4 Å². The van der Waals surface area contributed by atoms with Gasteiger partial charge in [-0.2, -0.15) is 16.9 Å². The molecule has 0 amide bonds. The Balaban J connectivity index is 2.27. The molecule has 1 aromatic heterocycles. The number of halogens is 1. The third-order valence-electron chi connectivity index (χ3n) is 1.34. The van der Waals surface area contributed by atoms with E-state index in [0.717, 1.165) is 11.0 Å². The summed E-state index contributed by atoms with van der Waals surface area (Å²) in [6.07, 6.45) is 7.13. The number of hydrogen-bond acceptors (Lipinski definition) is 2. The van der Waals surface area contributed by atoms with Gasteiger partial charge in [-0.1, -0.05) is 0 Å². The Morgan fingerprint density at radius 2 is 2.55 bits per heavy atom. The molecule has 1 rings (SSSR count). The second kappa shape index (κ2) is 4.83. The number of aromatic nitrogens is 2. The van der Waals surface area contributed by atoms with E-state index in [9.17, 15) is 0 Å². The van der Waals surface area contributed by atoms with Crippen molar-refractivity contribution in [3.63, 3.8) is 0 Å². The van der Waals surface area contributed by atoms with Crippen molar-refractivity contribution in [2.45, 2.75) is 13.0 Å². The lowest BCUT2D eigenvalue weighted by Gasteiger charge is -1.97. The van der Waals surface area contributed by atoms with Crippen molar-refractivity contribution in [2.24, 2.45) is 0 Å². The van der Waals surface area contributed by atoms with Crippen molar-refractivity contribution in [3.8, 4) is 0 Å². The summed E-state index contributed by atoms with van der Waals surface area (Å²) in [5.74, 6) is 1.21. The summed E-state index contributed by atoms with van der Waals surface area (Å²) >= 11 is 5.23. The lowest BCUT2D eigenvalue weighted by molar-refractivity contribution is 0.606. The molecular formula is C7H11BrN2S. The molecule has 0 fully saturated rings. The molecule has 2 nitrogen and oxygen atoms in total. The van der Waals surface area contributed by atoms with Crippen molar-refractivity contribution in [1.82, 2.24) is 9.78 Å². The molecule has 1 aromatic rings. The number of aryl methyl sites for hydroxylation is 1. The van der Waals surface area contributed by atoms with Gasteiger partial charge in [0.1, 0.15) is 0 Å². The highest BCUT2D eigenvalue weighted by molar-refractivity contribution is 9.10. The first-order valence-electron chi connectivity index (χ1n) is 3.50. The second-order valence-corrected chi connectivity index (χ2v) is 4.17. The molecule has 62 valence electrons. The third-order valence-corrected chi connectivity index (χ3v) is 2.44. The molecule has 0 atom stereocenters. The lowest BCUT2D eigenvalue weighted by atomic mass is 10.5. The van der Waals surface area contributed by atoms with E-state index in [2.05, 4.69) is 27.3 Å². The zero-order chi connectivity index (χ0) is 8.10. The van der Waals surface area contributed by atoms with E-state index in [-0.39, 0.29) is 0 Å². The SMILES string of the molecule is CSCCCn1cc(Br)cn1. The fourth-order valence-corrected chi connectivity index (χ4v) is 1.58. The molecule has 0 aliphatic carbocycles. The molecule has 0 spiro atoms. The molecule has 0 bridgehead atoms. The van der Waals surface area contributed by atoms with Crippen molar-refractivity contribution >= 4 is 27.7 Å². The molecule has 1 heterocycles. The van der Waals surface area contributed by atoms with Crippen LogP contribution in [0.5, 0.6) is 0 Å². The Morgan fingerprint density at radius 1 is 1.73 bits per heavy atom. The van der Waals surface area contributed by atoms with Crippen molar-refractivity contribution in [3.05, 3.63) is 16.9 Å². The van der Waals surface area contributed by atoms with Crippen LogP contribution in [-0.4, -0.2) is 21.8 Å². The predicted octanol–water partition coefficient (Wildman–Crippen LogP) is 2.40. The zero-order valence-electron chi connectivity index (χ0n) is 6.46.